The number of hydrogen-bond acceptors (Lipinski definition) is 2. The molecule has 9 heavy (non-hydrogen) atoms. The van der Waals surface area contributed by atoms with Crippen molar-refractivity contribution in [3.05, 3.63) is 0 Å². The number of piperidine rings is 1. The summed E-state index contributed by atoms with van der Waals surface area (Å²) in [7, 11) is 0. The van der Waals surface area contributed by atoms with E-state index in [0.29, 0.717) is 0 Å². The van der Waals surface area contributed by atoms with Gasteiger partial charge in [-0.3, -0.25) is 4.79 Å². The van der Waals surface area contributed by atoms with Crippen LogP contribution in [0.2, 0.25) is 0 Å². The molecule has 0 radical (unpaired) electrons. The molecule has 0 bridgehead atoms. The molecule has 0 amide bonds. The van der Waals surface area contributed by atoms with Crippen LogP contribution in [0.3, 0.4) is 0 Å². The van der Waals surface area contributed by atoms with Crippen molar-refractivity contribution < 1.29 is 4.79 Å². The third-order valence-electron chi connectivity index (χ3n) is 1.80. The summed E-state index contributed by atoms with van der Waals surface area (Å²) >= 11 is 0. The number of nitrogens with one attached hydrogen (secondary N) is 1. The molecule has 1 heterocycles. The smallest absolute Gasteiger partial charge is 0.146 e. The van der Waals surface area contributed by atoms with Crippen LogP contribution in [-0.4, -0.2) is 18.4 Å². The Morgan fingerprint density at radius 3 is 2.67 bits per heavy atom. The Balaban J connectivity index is 2.31. The van der Waals surface area contributed by atoms with E-state index in [4.69, 9.17) is 0 Å². The van der Waals surface area contributed by atoms with Crippen molar-refractivity contribution in [3.63, 3.8) is 0 Å². The molecule has 1 saturated heterocycles. The minimum absolute atomic E-state index is 0.166. The zero-order valence-electron chi connectivity index (χ0n) is 5.81. The van der Waals surface area contributed by atoms with Crippen LogP contribution in [0.15, 0.2) is 0 Å². The highest BCUT2D eigenvalue weighted by molar-refractivity contribution is 5.81. The van der Waals surface area contributed by atoms with Crippen LogP contribution < -0.4 is 5.32 Å². The van der Waals surface area contributed by atoms with Gasteiger partial charge in [0.2, 0.25) is 0 Å². The van der Waals surface area contributed by atoms with Gasteiger partial charge in [-0.05, 0) is 26.3 Å². The molecule has 1 atom stereocenters. The zero-order valence-corrected chi connectivity index (χ0v) is 5.81. The van der Waals surface area contributed by atoms with Crippen molar-refractivity contribution in [1.29, 1.82) is 0 Å². The Hall–Kier alpha value is -0.370. The summed E-state index contributed by atoms with van der Waals surface area (Å²) in [6, 6.07) is 0.166. The molecule has 1 fully saturated rings. The van der Waals surface area contributed by atoms with E-state index in [1.165, 1.54) is 12.8 Å². The molecule has 52 valence electrons. The summed E-state index contributed by atoms with van der Waals surface area (Å²) in [5.41, 5.74) is 0. The number of ketones is 1. The lowest BCUT2D eigenvalue weighted by molar-refractivity contribution is -0.119. The molecule has 0 spiro atoms. The zero-order chi connectivity index (χ0) is 6.69. The number of carbonyl (C=O) groups is 1. The van der Waals surface area contributed by atoms with E-state index in [0.717, 1.165) is 13.0 Å². The van der Waals surface area contributed by atoms with Crippen molar-refractivity contribution in [2.24, 2.45) is 0 Å². The Labute approximate surface area is 55.6 Å². The third kappa shape index (κ3) is 1.79. The van der Waals surface area contributed by atoms with Gasteiger partial charge in [0.25, 0.3) is 0 Å². The van der Waals surface area contributed by atoms with E-state index >= 15 is 0 Å². The number of carbonyl (C=O) groups excluding carboxylic acids is 1. The fourth-order valence-electron chi connectivity index (χ4n) is 1.20. The van der Waals surface area contributed by atoms with Gasteiger partial charge in [-0.1, -0.05) is 6.42 Å². The van der Waals surface area contributed by atoms with Gasteiger partial charge < -0.3 is 5.32 Å². The monoisotopic (exact) mass is 127 g/mol. The Morgan fingerprint density at radius 1 is 1.56 bits per heavy atom. The molecule has 1 N–H and O–H groups in total. The maximum atomic E-state index is 10.7. The molecule has 1 aliphatic rings. The van der Waals surface area contributed by atoms with Crippen molar-refractivity contribution >= 4 is 5.78 Å². The predicted octanol–water partition coefficient (Wildman–Crippen LogP) is 0.718. The Morgan fingerprint density at radius 2 is 2.33 bits per heavy atom. The normalized spacial score (nSPS) is 27.9. The molecule has 0 aromatic carbocycles. The predicted molar refractivity (Wildman–Crippen MR) is 36.3 cm³/mol. The first-order chi connectivity index (χ1) is 4.30. The van der Waals surface area contributed by atoms with E-state index in [-0.39, 0.29) is 11.8 Å². The van der Waals surface area contributed by atoms with Gasteiger partial charge in [0.15, 0.2) is 0 Å². The van der Waals surface area contributed by atoms with Crippen LogP contribution in [-0.2, 0) is 4.79 Å². The summed E-state index contributed by atoms with van der Waals surface area (Å²) in [6.07, 6.45) is 3.47. The highest BCUT2D eigenvalue weighted by atomic mass is 16.1. The maximum Gasteiger partial charge on any atom is 0.146 e. The average molecular weight is 127 g/mol. The van der Waals surface area contributed by atoms with Gasteiger partial charge >= 0.3 is 0 Å². The van der Waals surface area contributed by atoms with Crippen LogP contribution in [0.5, 0.6) is 0 Å². The topological polar surface area (TPSA) is 29.1 Å². The first-order valence-electron chi connectivity index (χ1n) is 3.54. The minimum atomic E-state index is 0.166. The molecule has 1 rings (SSSR count). The lowest BCUT2D eigenvalue weighted by atomic mass is 10.0. The molecule has 0 aliphatic carbocycles. The van der Waals surface area contributed by atoms with E-state index in [1.807, 2.05) is 0 Å². The molecule has 2 heteroatoms. The number of Topliss-reactive ketones (excluding diaryl/α,β-unsaturated/α-hetero) is 1. The lowest BCUT2D eigenvalue weighted by Gasteiger charge is -2.20. The molecular formula is C7H13NO. The second-order valence-corrected chi connectivity index (χ2v) is 2.61. The summed E-state index contributed by atoms with van der Waals surface area (Å²) in [6.45, 7) is 2.67. The second kappa shape index (κ2) is 2.97. The summed E-state index contributed by atoms with van der Waals surface area (Å²) < 4.78 is 0. The summed E-state index contributed by atoms with van der Waals surface area (Å²) in [5, 5.41) is 3.17. The van der Waals surface area contributed by atoms with Crippen LogP contribution in [0.1, 0.15) is 26.2 Å². The minimum Gasteiger partial charge on any atom is -0.307 e. The fourth-order valence-corrected chi connectivity index (χ4v) is 1.20. The summed E-state index contributed by atoms with van der Waals surface area (Å²) in [5.74, 6) is 0.287. The molecule has 2 nitrogen and oxygen atoms in total. The highest BCUT2D eigenvalue weighted by Gasteiger charge is 2.15. The van der Waals surface area contributed by atoms with Crippen molar-refractivity contribution in [2.75, 3.05) is 6.54 Å². The van der Waals surface area contributed by atoms with Crippen molar-refractivity contribution in [1.82, 2.24) is 5.32 Å². The van der Waals surface area contributed by atoms with Gasteiger partial charge in [0.05, 0.1) is 6.04 Å². The largest absolute Gasteiger partial charge is 0.307 e. The van der Waals surface area contributed by atoms with E-state index in [9.17, 15) is 4.79 Å². The van der Waals surface area contributed by atoms with Crippen LogP contribution in [0.25, 0.3) is 0 Å². The molecule has 0 aromatic rings. The van der Waals surface area contributed by atoms with E-state index in [2.05, 4.69) is 5.32 Å². The molecule has 0 saturated carbocycles. The Kier molecular flexibility index (Phi) is 2.22. The average Bonchev–Trinajstić information content (AvgIpc) is 1.90. The van der Waals surface area contributed by atoms with Crippen LogP contribution >= 0.6 is 0 Å². The van der Waals surface area contributed by atoms with Gasteiger partial charge in [0.1, 0.15) is 5.78 Å². The first-order valence-corrected chi connectivity index (χ1v) is 3.54. The van der Waals surface area contributed by atoms with Gasteiger partial charge in [0, 0.05) is 0 Å². The lowest BCUT2D eigenvalue weighted by Crippen LogP contribution is -2.38. The Bertz CT molecular complexity index is 105. The van der Waals surface area contributed by atoms with Gasteiger partial charge in [-0.25, -0.2) is 0 Å². The highest BCUT2D eigenvalue weighted by Crippen LogP contribution is 2.06. The van der Waals surface area contributed by atoms with Gasteiger partial charge in [-0.15, -0.1) is 0 Å². The summed E-state index contributed by atoms with van der Waals surface area (Å²) in [4.78, 5) is 10.7. The maximum absolute atomic E-state index is 10.7. The standard InChI is InChI=1S/C7H13NO/c1-6(9)7-4-2-3-5-8-7/h7-8H,2-5H2,1H3/t7-/m0/s1. The SMILES string of the molecule is CC(=O)[C@@H]1CCCCN1. The van der Waals surface area contributed by atoms with E-state index in [1.54, 1.807) is 6.92 Å². The quantitative estimate of drug-likeness (QED) is 0.562. The van der Waals surface area contributed by atoms with E-state index < -0.39 is 0 Å². The second-order valence-electron chi connectivity index (χ2n) is 2.61. The fraction of sp³-hybridized carbons (Fsp3) is 0.857. The first kappa shape index (κ1) is 6.75. The van der Waals surface area contributed by atoms with Crippen LogP contribution in [0.4, 0.5) is 0 Å². The van der Waals surface area contributed by atoms with Crippen LogP contribution in [0, 0.1) is 0 Å². The van der Waals surface area contributed by atoms with Crippen molar-refractivity contribution in [2.45, 2.75) is 32.2 Å². The molecule has 0 unspecified atom stereocenters. The molecule has 0 aromatic heterocycles. The number of hydrogen-bond donors (Lipinski definition) is 1. The van der Waals surface area contributed by atoms with Gasteiger partial charge in [-0.2, -0.15) is 0 Å². The third-order valence-corrected chi connectivity index (χ3v) is 1.80. The molecular weight excluding hydrogens is 114 g/mol. The number of rotatable bonds is 1. The molecule has 1 aliphatic heterocycles. The van der Waals surface area contributed by atoms with Crippen molar-refractivity contribution in [3.8, 4) is 0 Å².